The SMILES string of the molecule is CCCn1c(=O)[nH]c(=O)c2cc(C(=O)N3CCC(NC(=O)C4CCCCC4)CC3)cnc21. The first-order chi connectivity index (χ1) is 15.5. The number of fused-ring (bicyclic) bond motifs is 1. The molecule has 4 rings (SSSR count). The molecule has 0 bridgehead atoms. The minimum atomic E-state index is -0.538. The van der Waals surface area contributed by atoms with Crippen molar-refractivity contribution in [3.05, 3.63) is 38.7 Å². The number of hydrogen-bond acceptors (Lipinski definition) is 5. The van der Waals surface area contributed by atoms with Gasteiger partial charge in [-0.1, -0.05) is 26.2 Å². The molecule has 2 fully saturated rings. The van der Waals surface area contributed by atoms with Crippen molar-refractivity contribution < 1.29 is 9.59 Å². The maximum atomic E-state index is 13.0. The largest absolute Gasteiger partial charge is 0.353 e. The quantitative estimate of drug-likeness (QED) is 0.734. The van der Waals surface area contributed by atoms with E-state index in [4.69, 9.17) is 0 Å². The van der Waals surface area contributed by atoms with Crippen molar-refractivity contribution in [2.45, 2.75) is 70.9 Å². The zero-order valence-corrected chi connectivity index (χ0v) is 18.6. The van der Waals surface area contributed by atoms with Crippen molar-refractivity contribution in [2.24, 2.45) is 5.92 Å². The average Bonchev–Trinajstić information content (AvgIpc) is 2.82. The van der Waals surface area contributed by atoms with Crippen molar-refractivity contribution in [2.75, 3.05) is 13.1 Å². The highest BCUT2D eigenvalue weighted by atomic mass is 16.2. The van der Waals surface area contributed by atoms with Crippen LogP contribution in [0.3, 0.4) is 0 Å². The molecule has 0 unspecified atom stereocenters. The Morgan fingerprint density at radius 1 is 1.12 bits per heavy atom. The van der Waals surface area contributed by atoms with E-state index in [1.165, 1.54) is 23.3 Å². The summed E-state index contributed by atoms with van der Waals surface area (Å²) in [4.78, 5) is 58.2. The Morgan fingerprint density at radius 2 is 1.84 bits per heavy atom. The first kappa shape index (κ1) is 22.2. The number of amides is 2. The molecule has 2 N–H and O–H groups in total. The molecule has 1 saturated carbocycles. The molecule has 2 aliphatic rings. The Kier molecular flexibility index (Phi) is 6.72. The highest BCUT2D eigenvalue weighted by Gasteiger charge is 2.28. The number of aromatic nitrogens is 3. The molecule has 9 heteroatoms. The molecule has 9 nitrogen and oxygen atoms in total. The number of nitrogens with one attached hydrogen (secondary N) is 2. The maximum absolute atomic E-state index is 13.0. The van der Waals surface area contributed by atoms with Gasteiger partial charge in [-0.3, -0.25) is 23.9 Å². The topological polar surface area (TPSA) is 117 Å². The van der Waals surface area contributed by atoms with Gasteiger partial charge in [0.25, 0.3) is 11.5 Å². The summed E-state index contributed by atoms with van der Waals surface area (Å²) in [5, 5.41) is 3.41. The number of rotatable bonds is 5. The van der Waals surface area contributed by atoms with Gasteiger partial charge in [-0.05, 0) is 38.2 Å². The molecule has 1 aliphatic heterocycles. The molecule has 0 radical (unpaired) electrons. The molecule has 0 spiro atoms. The van der Waals surface area contributed by atoms with Gasteiger partial charge in [-0.15, -0.1) is 0 Å². The smallest absolute Gasteiger partial charge is 0.329 e. The Balaban J connectivity index is 1.42. The maximum Gasteiger partial charge on any atom is 0.329 e. The fourth-order valence-electron chi connectivity index (χ4n) is 4.81. The van der Waals surface area contributed by atoms with Crippen molar-refractivity contribution in [1.29, 1.82) is 0 Å². The lowest BCUT2D eigenvalue weighted by atomic mass is 9.88. The Hall–Kier alpha value is -2.97. The summed E-state index contributed by atoms with van der Waals surface area (Å²) < 4.78 is 1.42. The number of aryl methyl sites for hydroxylation is 1. The van der Waals surface area contributed by atoms with Gasteiger partial charge < -0.3 is 10.2 Å². The number of likely N-dealkylation sites (tertiary alicyclic amines) is 1. The number of H-pyrrole nitrogens is 1. The molecule has 1 saturated heterocycles. The number of piperidine rings is 1. The second-order valence-electron chi connectivity index (χ2n) is 8.92. The Morgan fingerprint density at radius 3 is 2.53 bits per heavy atom. The highest BCUT2D eigenvalue weighted by molar-refractivity contribution is 5.96. The number of carbonyl (C=O) groups is 2. The van der Waals surface area contributed by atoms with E-state index >= 15 is 0 Å². The summed E-state index contributed by atoms with van der Waals surface area (Å²) in [6, 6.07) is 1.61. The minimum Gasteiger partial charge on any atom is -0.353 e. The van der Waals surface area contributed by atoms with Gasteiger partial charge in [0.15, 0.2) is 0 Å². The summed E-state index contributed by atoms with van der Waals surface area (Å²) in [6.07, 6.45) is 9.00. The fourth-order valence-corrected chi connectivity index (χ4v) is 4.81. The van der Waals surface area contributed by atoms with Crippen LogP contribution in [0.25, 0.3) is 11.0 Å². The van der Waals surface area contributed by atoms with E-state index in [0.29, 0.717) is 43.7 Å². The summed E-state index contributed by atoms with van der Waals surface area (Å²) in [6.45, 7) is 3.45. The lowest BCUT2D eigenvalue weighted by Crippen LogP contribution is -2.48. The van der Waals surface area contributed by atoms with Crippen LogP contribution in [0, 0.1) is 5.92 Å². The van der Waals surface area contributed by atoms with Gasteiger partial charge >= 0.3 is 5.69 Å². The number of carbonyl (C=O) groups excluding carboxylic acids is 2. The second-order valence-corrected chi connectivity index (χ2v) is 8.92. The normalized spacial score (nSPS) is 18.1. The fraction of sp³-hybridized carbons (Fsp3) is 0.609. The van der Waals surface area contributed by atoms with E-state index in [0.717, 1.165) is 32.1 Å². The Bertz CT molecular complexity index is 1110. The number of aromatic amines is 1. The zero-order chi connectivity index (χ0) is 22.7. The molecule has 2 amide bonds. The Labute approximate surface area is 186 Å². The number of nitrogens with zero attached hydrogens (tertiary/aromatic N) is 3. The molecular formula is C23H31N5O4. The molecule has 32 heavy (non-hydrogen) atoms. The van der Waals surface area contributed by atoms with Crippen LogP contribution in [0.15, 0.2) is 21.9 Å². The number of hydrogen-bond donors (Lipinski definition) is 2. The summed E-state index contributed by atoms with van der Waals surface area (Å²) in [5.74, 6) is 0.102. The van der Waals surface area contributed by atoms with Crippen molar-refractivity contribution >= 4 is 22.8 Å². The highest BCUT2D eigenvalue weighted by Crippen LogP contribution is 2.24. The minimum absolute atomic E-state index is 0.0922. The predicted molar refractivity (Wildman–Crippen MR) is 121 cm³/mol. The van der Waals surface area contributed by atoms with Crippen LogP contribution in [-0.4, -0.2) is 50.4 Å². The first-order valence-electron chi connectivity index (χ1n) is 11.7. The zero-order valence-electron chi connectivity index (χ0n) is 18.6. The molecular weight excluding hydrogens is 410 g/mol. The van der Waals surface area contributed by atoms with Gasteiger partial charge in [0.1, 0.15) is 5.65 Å². The van der Waals surface area contributed by atoms with Crippen molar-refractivity contribution in [3.63, 3.8) is 0 Å². The van der Waals surface area contributed by atoms with Crippen molar-refractivity contribution in [1.82, 2.24) is 24.8 Å². The van der Waals surface area contributed by atoms with Gasteiger partial charge in [0, 0.05) is 37.8 Å². The molecule has 0 atom stereocenters. The van der Waals surface area contributed by atoms with Gasteiger partial charge in [-0.25, -0.2) is 9.78 Å². The van der Waals surface area contributed by atoms with Gasteiger partial charge in [0.05, 0.1) is 10.9 Å². The van der Waals surface area contributed by atoms with E-state index in [1.54, 1.807) is 4.90 Å². The van der Waals surface area contributed by atoms with Gasteiger partial charge in [-0.2, -0.15) is 0 Å². The first-order valence-corrected chi connectivity index (χ1v) is 11.7. The molecule has 2 aromatic rings. The summed E-state index contributed by atoms with van der Waals surface area (Å²) in [5.41, 5.74) is -0.410. The molecule has 172 valence electrons. The van der Waals surface area contributed by atoms with E-state index in [2.05, 4.69) is 15.3 Å². The van der Waals surface area contributed by atoms with Crippen LogP contribution in [0.1, 0.15) is 68.6 Å². The van der Waals surface area contributed by atoms with Crippen molar-refractivity contribution in [3.8, 4) is 0 Å². The van der Waals surface area contributed by atoms with E-state index in [1.807, 2.05) is 6.92 Å². The standard InChI is InChI=1S/C23H31N5O4/c1-2-10-28-19-18(21(30)26-23(28)32)13-16(14-24-19)22(31)27-11-8-17(9-12-27)25-20(29)15-6-4-3-5-7-15/h13-15,17H,2-12H2,1H3,(H,25,29)(H,26,30,32). The summed E-state index contributed by atoms with van der Waals surface area (Å²) >= 11 is 0. The molecule has 1 aliphatic carbocycles. The third-order valence-corrected chi connectivity index (χ3v) is 6.63. The third kappa shape index (κ3) is 4.61. The molecule has 2 aromatic heterocycles. The van der Waals surface area contributed by atoms with E-state index in [9.17, 15) is 19.2 Å². The van der Waals surface area contributed by atoms with Crippen LogP contribution >= 0.6 is 0 Å². The van der Waals surface area contributed by atoms with Gasteiger partial charge in [0.2, 0.25) is 5.91 Å². The monoisotopic (exact) mass is 441 g/mol. The second kappa shape index (κ2) is 9.67. The van der Waals surface area contributed by atoms with E-state index in [-0.39, 0.29) is 29.2 Å². The lowest BCUT2D eigenvalue weighted by molar-refractivity contribution is -0.126. The average molecular weight is 442 g/mol. The molecule has 0 aromatic carbocycles. The van der Waals surface area contributed by atoms with Crippen LogP contribution < -0.4 is 16.6 Å². The van der Waals surface area contributed by atoms with Crippen LogP contribution in [-0.2, 0) is 11.3 Å². The predicted octanol–water partition coefficient (Wildman–Crippen LogP) is 1.80. The lowest BCUT2D eigenvalue weighted by Gasteiger charge is -2.33. The molecule has 3 heterocycles. The van der Waals surface area contributed by atoms with Crippen LogP contribution in [0.4, 0.5) is 0 Å². The van der Waals surface area contributed by atoms with E-state index < -0.39 is 11.2 Å². The van der Waals surface area contributed by atoms with Crippen LogP contribution in [0.5, 0.6) is 0 Å². The van der Waals surface area contributed by atoms with Crippen LogP contribution in [0.2, 0.25) is 0 Å². The number of pyridine rings is 1. The third-order valence-electron chi connectivity index (χ3n) is 6.63. The summed E-state index contributed by atoms with van der Waals surface area (Å²) in [7, 11) is 0.